The molecule has 3 nitrogen and oxygen atoms in total. The Morgan fingerprint density at radius 1 is 1.15 bits per heavy atom. The van der Waals surface area contributed by atoms with Gasteiger partial charge in [-0.25, -0.2) is 0 Å². The number of hydrogen-bond donors (Lipinski definition) is 0. The first-order valence-corrected chi connectivity index (χ1v) is 7.32. The maximum absolute atomic E-state index is 12.2. The minimum absolute atomic E-state index is 0.0727. The van der Waals surface area contributed by atoms with Crippen molar-refractivity contribution in [3.63, 3.8) is 0 Å². The van der Waals surface area contributed by atoms with Gasteiger partial charge in [-0.1, -0.05) is 44.2 Å². The molecular formula is C17H23NO2. The highest BCUT2D eigenvalue weighted by molar-refractivity contribution is 6.05. The van der Waals surface area contributed by atoms with Crippen molar-refractivity contribution in [1.29, 1.82) is 0 Å². The Bertz CT molecular complexity index is 491. The van der Waals surface area contributed by atoms with Crippen LogP contribution in [0.5, 0.6) is 0 Å². The summed E-state index contributed by atoms with van der Waals surface area (Å²) in [5.41, 5.74) is 0.251. The van der Waals surface area contributed by atoms with Gasteiger partial charge in [0.05, 0.1) is 0 Å². The average molecular weight is 273 g/mol. The summed E-state index contributed by atoms with van der Waals surface area (Å²) in [7, 11) is 0. The van der Waals surface area contributed by atoms with E-state index in [-0.39, 0.29) is 5.78 Å². The van der Waals surface area contributed by atoms with Crippen molar-refractivity contribution >= 4 is 11.5 Å². The van der Waals surface area contributed by atoms with E-state index in [1.807, 2.05) is 37.3 Å². The van der Waals surface area contributed by atoms with E-state index in [1.165, 1.54) is 0 Å². The first kappa shape index (κ1) is 14.8. The average Bonchev–Trinajstić information content (AvgIpc) is 2.77. The lowest BCUT2D eigenvalue weighted by atomic mass is 9.97. The Labute approximate surface area is 121 Å². The molecule has 0 aliphatic carbocycles. The molecule has 0 bridgehead atoms. The molecule has 0 saturated heterocycles. The van der Waals surface area contributed by atoms with Crippen molar-refractivity contribution in [3.8, 4) is 0 Å². The summed E-state index contributed by atoms with van der Waals surface area (Å²) in [4.78, 5) is 14.6. The van der Waals surface area contributed by atoms with Gasteiger partial charge in [-0.05, 0) is 20.0 Å². The summed E-state index contributed by atoms with van der Waals surface area (Å²) < 4.78 is 5.97. The molecule has 1 aromatic carbocycles. The van der Waals surface area contributed by atoms with Gasteiger partial charge in [-0.3, -0.25) is 4.79 Å². The zero-order valence-electron chi connectivity index (χ0n) is 12.6. The largest absolute Gasteiger partial charge is 0.479 e. The second kappa shape index (κ2) is 6.23. The molecule has 1 unspecified atom stereocenters. The quantitative estimate of drug-likeness (QED) is 0.797. The number of carbonyl (C=O) groups is 1. The van der Waals surface area contributed by atoms with Crippen LogP contribution in [0.25, 0.3) is 5.76 Å². The highest BCUT2D eigenvalue weighted by Crippen LogP contribution is 2.33. The lowest BCUT2D eigenvalue weighted by Crippen LogP contribution is -2.37. The Balaban J connectivity index is 2.04. The standard InChI is InChI=1S/C17H23NO2/c1-4-18(5-2)12-11-17(3)16(19)13-15(20-17)14-9-7-6-8-10-14/h6-10,13H,4-5,11-12H2,1-3H3. The van der Waals surface area contributed by atoms with Crippen LogP contribution in [0.4, 0.5) is 0 Å². The van der Waals surface area contributed by atoms with Gasteiger partial charge in [-0.15, -0.1) is 0 Å². The second-order valence-electron chi connectivity index (χ2n) is 5.35. The maximum Gasteiger partial charge on any atom is 0.202 e. The number of nitrogens with zero attached hydrogens (tertiary/aromatic N) is 1. The fourth-order valence-electron chi connectivity index (χ4n) is 2.42. The number of carbonyl (C=O) groups excluding carboxylic acids is 1. The summed E-state index contributed by atoms with van der Waals surface area (Å²) in [5, 5.41) is 0. The van der Waals surface area contributed by atoms with Gasteiger partial charge in [-0.2, -0.15) is 0 Å². The van der Waals surface area contributed by atoms with Crippen molar-refractivity contribution < 1.29 is 9.53 Å². The predicted octanol–water partition coefficient (Wildman–Crippen LogP) is 3.12. The molecule has 0 aromatic heterocycles. The third kappa shape index (κ3) is 3.10. The van der Waals surface area contributed by atoms with Crippen LogP contribution in [0.3, 0.4) is 0 Å². The first-order chi connectivity index (χ1) is 9.59. The zero-order chi connectivity index (χ0) is 14.6. The van der Waals surface area contributed by atoms with E-state index in [2.05, 4.69) is 18.7 Å². The lowest BCUT2D eigenvalue weighted by Gasteiger charge is -2.27. The molecule has 1 aromatic rings. The lowest BCUT2D eigenvalue weighted by molar-refractivity contribution is -0.128. The fourth-order valence-corrected chi connectivity index (χ4v) is 2.42. The molecule has 0 amide bonds. The SMILES string of the molecule is CCN(CC)CCC1(C)OC(c2ccccc2)=CC1=O. The van der Waals surface area contributed by atoms with Gasteiger partial charge >= 0.3 is 0 Å². The monoisotopic (exact) mass is 273 g/mol. The molecule has 1 heterocycles. The first-order valence-electron chi connectivity index (χ1n) is 7.32. The third-order valence-corrected chi connectivity index (χ3v) is 3.98. The van der Waals surface area contributed by atoms with Crippen molar-refractivity contribution in [1.82, 2.24) is 4.90 Å². The molecule has 0 fully saturated rings. The number of benzene rings is 1. The number of rotatable bonds is 6. The Kier molecular flexibility index (Phi) is 4.61. The smallest absolute Gasteiger partial charge is 0.202 e. The number of hydrogen-bond acceptors (Lipinski definition) is 3. The van der Waals surface area contributed by atoms with E-state index < -0.39 is 5.60 Å². The summed E-state index contributed by atoms with van der Waals surface area (Å²) in [6, 6.07) is 9.80. The van der Waals surface area contributed by atoms with E-state index in [9.17, 15) is 4.79 Å². The van der Waals surface area contributed by atoms with Crippen molar-refractivity contribution in [2.45, 2.75) is 32.8 Å². The topological polar surface area (TPSA) is 29.5 Å². The maximum atomic E-state index is 12.2. The van der Waals surface area contributed by atoms with Crippen molar-refractivity contribution in [2.24, 2.45) is 0 Å². The number of ether oxygens (including phenoxy) is 1. The summed E-state index contributed by atoms with van der Waals surface area (Å²) in [6.07, 6.45) is 2.36. The van der Waals surface area contributed by atoms with Crippen LogP contribution in [0.2, 0.25) is 0 Å². The molecule has 2 rings (SSSR count). The molecule has 1 aliphatic heterocycles. The summed E-state index contributed by atoms with van der Waals surface area (Å²) in [6.45, 7) is 9.05. The molecule has 1 atom stereocenters. The highest BCUT2D eigenvalue weighted by atomic mass is 16.5. The molecule has 0 spiro atoms. The number of ketones is 1. The molecule has 0 saturated carbocycles. The van der Waals surface area contributed by atoms with E-state index >= 15 is 0 Å². The Morgan fingerprint density at radius 2 is 1.80 bits per heavy atom. The predicted molar refractivity (Wildman–Crippen MR) is 81.3 cm³/mol. The summed E-state index contributed by atoms with van der Waals surface area (Å²) in [5.74, 6) is 0.765. The minimum atomic E-state index is -0.715. The van der Waals surface area contributed by atoms with Crippen LogP contribution in [0, 0.1) is 0 Å². The van der Waals surface area contributed by atoms with Gasteiger partial charge in [0.2, 0.25) is 5.78 Å². The molecule has 3 heteroatoms. The van der Waals surface area contributed by atoms with Crippen LogP contribution < -0.4 is 0 Å². The molecule has 1 aliphatic rings. The second-order valence-corrected chi connectivity index (χ2v) is 5.35. The van der Waals surface area contributed by atoms with Crippen molar-refractivity contribution in [3.05, 3.63) is 42.0 Å². The van der Waals surface area contributed by atoms with Crippen LogP contribution in [0.15, 0.2) is 36.4 Å². The van der Waals surface area contributed by atoms with Crippen LogP contribution in [-0.4, -0.2) is 35.9 Å². The normalized spacial score (nSPS) is 22.0. The van der Waals surface area contributed by atoms with Gasteiger partial charge < -0.3 is 9.64 Å². The Morgan fingerprint density at radius 3 is 2.40 bits per heavy atom. The van der Waals surface area contributed by atoms with E-state index in [0.717, 1.165) is 31.6 Å². The van der Waals surface area contributed by atoms with Crippen LogP contribution in [-0.2, 0) is 9.53 Å². The molecule has 0 radical (unpaired) electrons. The van der Waals surface area contributed by atoms with Gasteiger partial charge in [0.25, 0.3) is 0 Å². The third-order valence-electron chi connectivity index (χ3n) is 3.98. The summed E-state index contributed by atoms with van der Waals surface area (Å²) >= 11 is 0. The van der Waals surface area contributed by atoms with Crippen molar-refractivity contribution in [2.75, 3.05) is 19.6 Å². The fraction of sp³-hybridized carbons (Fsp3) is 0.471. The molecule has 108 valence electrons. The van der Waals surface area contributed by atoms with E-state index in [4.69, 9.17) is 4.74 Å². The minimum Gasteiger partial charge on any atom is -0.479 e. The van der Waals surface area contributed by atoms with Gasteiger partial charge in [0.15, 0.2) is 5.60 Å². The van der Waals surface area contributed by atoms with E-state index in [1.54, 1.807) is 6.08 Å². The van der Waals surface area contributed by atoms with Crippen LogP contribution in [0.1, 0.15) is 32.8 Å². The van der Waals surface area contributed by atoms with Gasteiger partial charge in [0, 0.05) is 24.6 Å². The Hall–Kier alpha value is -1.61. The molecule has 20 heavy (non-hydrogen) atoms. The van der Waals surface area contributed by atoms with E-state index in [0.29, 0.717) is 5.76 Å². The molecule has 0 N–H and O–H groups in total. The molecular weight excluding hydrogens is 250 g/mol. The van der Waals surface area contributed by atoms with Crippen LogP contribution >= 0.6 is 0 Å². The highest BCUT2D eigenvalue weighted by Gasteiger charge is 2.40. The zero-order valence-corrected chi connectivity index (χ0v) is 12.6. The van der Waals surface area contributed by atoms with Gasteiger partial charge in [0.1, 0.15) is 5.76 Å².